The zero-order valence-corrected chi connectivity index (χ0v) is 13.3. The summed E-state index contributed by atoms with van der Waals surface area (Å²) in [5.74, 6) is 2.02. The van der Waals surface area contributed by atoms with E-state index in [0.717, 1.165) is 49.3 Å². The number of fused-ring (bicyclic) bond motifs is 1. The van der Waals surface area contributed by atoms with Crippen LogP contribution in [0.5, 0.6) is 0 Å². The summed E-state index contributed by atoms with van der Waals surface area (Å²) in [6.45, 7) is 3.71. The Balaban J connectivity index is 1.54. The van der Waals surface area contributed by atoms with Gasteiger partial charge in [0, 0.05) is 43.7 Å². The minimum atomic E-state index is 0.269. The molecule has 8 heteroatoms. The number of hydrogen-bond acceptors (Lipinski definition) is 8. The largest absolute Gasteiger partial charge is 0.372 e. The van der Waals surface area contributed by atoms with Gasteiger partial charge in [-0.1, -0.05) is 0 Å². The number of nitrogens with two attached hydrogens (primary N) is 1. The highest BCUT2D eigenvalue weighted by atomic mass is 16.5. The van der Waals surface area contributed by atoms with Crippen LogP contribution in [0.15, 0.2) is 18.5 Å². The first kappa shape index (κ1) is 13.9. The van der Waals surface area contributed by atoms with Crippen molar-refractivity contribution in [2.24, 2.45) is 0 Å². The number of nitrogen functional groups attached to an aromatic ring is 1. The van der Waals surface area contributed by atoms with E-state index < -0.39 is 0 Å². The second-order valence-electron chi connectivity index (χ2n) is 6.53. The molecule has 8 nitrogen and oxygen atoms in total. The summed E-state index contributed by atoms with van der Waals surface area (Å²) >= 11 is 0. The van der Waals surface area contributed by atoms with Crippen LogP contribution < -0.4 is 15.5 Å². The van der Waals surface area contributed by atoms with Gasteiger partial charge < -0.3 is 20.3 Å². The number of hydrogen-bond donors (Lipinski definition) is 1. The third-order valence-electron chi connectivity index (χ3n) is 5.04. The Morgan fingerprint density at radius 1 is 1.12 bits per heavy atom. The Labute approximate surface area is 139 Å². The number of anilines is 3. The van der Waals surface area contributed by atoms with E-state index in [1.165, 1.54) is 12.8 Å². The number of nitrogens with zero attached hydrogens (tertiary/aromatic N) is 6. The van der Waals surface area contributed by atoms with Gasteiger partial charge in [0.05, 0.1) is 24.4 Å². The van der Waals surface area contributed by atoms with Crippen molar-refractivity contribution in [3.63, 3.8) is 0 Å². The maximum absolute atomic E-state index is 5.60. The van der Waals surface area contributed by atoms with Crippen LogP contribution in [0.3, 0.4) is 0 Å². The predicted octanol–water partition coefficient (Wildman–Crippen LogP) is 0.703. The molecule has 3 saturated heterocycles. The molecule has 2 aromatic heterocycles. The smallest absolute Gasteiger partial charge is 0.227 e. The molecule has 0 amide bonds. The van der Waals surface area contributed by atoms with Crippen molar-refractivity contribution < 1.29 is 4.74 Å². The zero-order chi connectivity index (χ0) is 16.1. The van der Waals surface area contributed by atoms with Crippen LogP contribution in [-0.2, 0) is 4.74 Å². The van der Waals surface area contributed by atoms with E-state index in [1.807, 2.05) is 6.07 Å². The molecule has 2 aromatic rings. The molecule has 24 heavy (non-hydrogen) atoms. The van der Waals surface area contributed by atoms with Gasteiger partial charge in [0.25, 0.3) is 0 Å². The summed E-state index contributed by atoms with van der Waals surface area (Å²) in [4.78, 5) is 22.3. The van der Waals surface area contributed by atoms with Crippen molar-refractivity contribution in [1.29, 1.82) is 0 Å². The summed E-state index contributed by atoms with van der Waals surface area (Å²) in [6, 6.07) is 2.48. The molecule has 0 saturated carbocycles. The molecule has 1 unspecified atom stereocenters. The normalized spacial score (nSPS) is 25.2. The lowest BCUT2D eigenvalue weighted by Crippen LogP contribution is -2.71. The Morgan fingerprint density at radius 3 is 2.54 bits per heavy atom. The summed E-state index contributed by atoms with van der Waals surface area (Å²) in [7, 11) is 0. The van der Waals surface area contributed by atoms with Gasteiger partial charge in [-0.25, -0.2) is 15.0 Å². The van der Waals surface area contributed by atoms with Gasteiger partial charge in [0.1, 0.15) is 5.82 Å². The van der Waals surface area contributed by atoms with E-state index in [1.54, 1.807) is 12.4 Å². The highest BCUT2D eigenvalue weighted by Gasteiger charge is 2.48. The van der Waals surface area contributed by atoms with Crippen molar-refractivity contribution in [3.8, 4) is 11.3 Å². The average Bonchev–Trinajstić information content (AvgIpc) is 3.12. The molecule has 5 heterocycles. The molecule has 0 radical (unpaired) electrons. The second-order valence-corrected chi connectivity index (χ2v) is 6.53. The third-order valence-corrected chi connectivity index (χ3v) is 5.04. The van der Waals surface area contributed by atoms with Crippen LogP contribution in [0.25, 0.3) is 11.3 Å². The maximum Gasteiger partial charge on any atom is 0.227 e. The first-order chi connectivity index (χ1) is 11.8. The summed E-state index contributed by atoms with van der Waals surface area (Å²) < 4.78 is 5.51. The van der Waals surface area contributed by atoms with Crippen LogP contribution in [0, 0.1) is 0 Å². The third kappa shape index (κ3) is 2.17. The minimum Gasteiger partial charge on any atom is -0.372 e. The number of morpholine rings is 1. The van der Waals surface area contributed by atoms with E-state index in [2.05, 4.69) is 19.8 Å². The molecular weight excluding hydrogens is 306 g/mol. The van der Waals surface area contributed by atoms with Crippen molar-refractivity contribution in [1.82, 2.24) is 19.9 Å². The quantitative estimate of drug-likeness (QED) is 0.881. The highest BCUT2D eigenvalue weighted by molar-refractivity contribution is 5.65. The highest BCUT2D eigenvalue weighted by Crippen LogP contribution is 2.36. The van der Waals surface area contributed by atoms with Crippen LogP contribution >= 0.6 is 0 Å². The van der Waals surface area contributed by atoms with E-state index in [-0.39, 0.29) is 5.95 Å². The topological polar surface area (TPSA) is 93.3 Å². The number of rotatable bonds is 3. The lowest BCUT2D eigenvalue weighted by Gasteiger charge is -2.55. The Morgan fingerprint density at radius 2 is 1.92 bits per heavy atom. The van der Waals surface area contributed by atoms with E-state index in [4.69, 9.17) is 20.4 Å². The van der Waals surface area contributed by atoms with Gasteiger partial charge in [-0.15, -0.1) is 0 Å². The minimum absolute atomic E-state index is 0.269. The predicted molar refractivity (Wildman–Crippen MR) is 89.8 cm³/mol. The first-order valence-corrected chi connectivity index (χ1v) is 8.38. The molecule has 5 rings (SSSR count). The fourth-order valence-electron chi connectivity index (χ4n) is 3.48. The molecule has 0 aliphatic carbocycles. The molecule has 3 aliphatic heterocycles. The molecular formula is C16H19N7O. The van der Waals surface area contributed by atoms with E-state index >= 15 is 0 Å². The van der Waals surface area contributed by atoms with Crippen LogP contribution in [0.4, 0.5) is 17.7 Å². The molecule has 2 atom stereocenters. The molecule has 124 valence electrons. The lowest BCUT2D eigenvalue weighted by atomic mass is 9.95. The maximum atomic E-state index is 5.60. The molecule has 3 aliphatic rings. The van der Waals surface area contributed by atoms with Crippen molar-refractivity contribution >= 4 is 17.7 Å². The summed E-state index contributed by atoms with van der Waals surface area (Å²) in [5.41, 5.74) is 7.29. The van der Waals surface area contributed by atoms with Crippen LogP contribution in [-0.4, -0.2) is 58.3 Å². The van der Waals surface area contributed by atoms with Gasteiger partial charge in [-0.05, 0) is 12.8 Å². The van der Waals surface area contributed by atoms with Gasteiger partial charge in [-0.2, -0.15) is 4.98 Å². The van der Waals surface area contributed by atoms with Crippen molar-refractivity contribution in [2.45, 2.75) is 25.0 Å². The van der Waals surface area contributed by atoms with Crippen molar-refractivity contribution in [2.75, 3.05) is 41.8 Å². The average molecular weight is 325 g/mol. The summed E-state index contributed by atoms with van der Waals surface area (Å²) in [6.07, 6.45) is 6.19. The molecule has 0 bridgehead atoms. The lowest BCUT2D eigenvalue weighted by molar-refractivity contribution is -0.113. The van der Waals surface area contributed by atoms with Gasteiger partial charge in [0.15, 0.2) is 0 Å². The van der Waals surface area contributed by atoms with Gasteiger partial charge in [-0.3, -0.25) is 0 Å². The Hall–Kier alpha value is -2.48. The van der Waals surface area contributed by atoms with Gasteiger partial charge in [0.2, 0.25) is 11.9 Å². The standard InChI is InChI=1S/C16H19N7O/c17-15-18-6-10(7-19-15)11-5-14(23-8-13-12(23)9-24-13)21-16(20-11)22-3-1-2-4-22/h5-7,12-13H,1-4,8-9H2,(H2,17,18,19)/t12-,13?/m1/s1. The zero-order valence-electron chi connectivity index (χ0n) is 13.3. The van der Waals surface area contributed by atoms with Crippen molar-refractivity contribution in [3.05, 3.63) is 18.5 Å². The van der Waals surface area contributed by atoms with Crippen LogP contribution in [0.2, 0.25) is 0 Å². The fraction of sp³-hybridized carbons (Fsp3) is 0.500. The first-order valence-electron chi connectivity index (χ1n) is 8.38. The van der Waals surface area contributed by atoms with Crippen LogP contribution in [0.1, 0.15) is 12.8 Å². The van der Waals surface area contributed by atoms with Gasteiger partial charge >= 0.3 is 0 Å². The number of ether oxygens (including phenoxy) is 1. The molecule has 0 aromatic carbocycles. The number of aromatic nitrogens is 4. The monoisotopic (exact) mass is 325 g/mol. The molecule has 0 spiro atoms. The Bertz CT molecular complexity index is 760. The molecule has 2 N–H and O–H groups in total. The van der Waals surface area contributed by atoms with E-state index in [9.17, 15) is 0 Å². The fourth-order valence-corrected chi connectivity index (χ4v) is 3.48. The molecule has 3 fully saturated rings. The summed E-state index contributed by atoms with van der Waals surface area (Å²) in [5, 5.41) is 0. The Kier molecular flexibility index (Phi) is 3.05. The van der Waals surface area contributed by atoms with E-state index in [0.29, 0.717) is 12.1 Å². The SMILES string of the molecule is Nc1ncc(-c2cc(N3CC4OC[C@H]43)nc(N3CCCC3)n2)cn1. The second kappa shape index (κ2) is 5.27.